The lowest BCUT2D eigenvalue weighted by molar-refractivity contribution is 0.0818. The molecule has 2 unspecified atom stereocenters. The van der Waals surface area contributed by atoms with E-state index in [0.29, 0.717) is 5.92 Å². The van der Waals surface area contributed by atoms with Crippen LogP contribution in [0.4, 0.5) is 0 Å². The molecule has 1 rings (SSSR count). The van der Waals surface area contributed by atoms with Gasteiger partial charge < -0.3 is 15.5 Å². The first-order valence-electron chi connectivity index (χ1n) is 6.33. The van der Waals surface area contributed by atoms with Crippen LogP contribution in [0, 0.1) is 5.92 Å². The van der Waals surface area contributed by atoms with Crippen molar-refractivity contribution in [1.82, 2.24) is 9.80 Å². The van der Waals surface area contributed by atoms with Gasteiger partial charge in [0.05, 0.1) is 0 Å². The molecule has 1 aliphatic heterocycles. The summed E-state index contributed by atoms with van der Waals surface area (Å²) in [4.78, 5) is 5.08. The number of piperazine rings is 1. The zero-order valence-electron chi connectivity index (χ0n) is 10.6. The molecular formula is C12H27N3. The Bertz CT molecular complexity index is 166. The molecule has 15 heavy (non-hydrogen) atoms. The van der Waals surface area contributed by atoms with Crippen molar-refractivity contribution >= 4 is 0 Å². The largest absolute Gasteiger partial charge is 0.330 e. The summed E-state index contributed by atoms with van der Waals surface area (Å²) >= 11 is 0. The van der Waals surface area contributed by atoms with E-state index >= 15 is 0 Å². The highest BCUT2D eigenvalue weighted by Gasteiger charge is 2.23. The minimum absolute atomic E-state index is 0.686. The molecule has 0 spiro atoms. The summed E-state index contributed by atoms with van der Waals surface area (Å²) in [6, 6.07) is 0.744. The van der Waals surface area contributed by atoms with E-state index in [1.807, 2.05) is 0 Å². The molecule has 0 aliphatic carbocycles. The van der Waals surface area contributed by atoms with Gasteiger partial charge in [-0.1, -0.05) is 20.3 Å². The van der Waals surface area contributed by atoms with Crippen LogP contribution in [0.2, 0.25) is 0 Å². The number of hydrogen-bond donors (Lipinski definition) is 1. The van der Waals surface area contributed by atoms with Gasteiger partial charge in [0.2, 0.25) is 0 Å². The molecule has 3 heteroatoms. The maximum atomic E-state index is 5.76. The van der Waals surface area contributed by atoms with Crippen molar-refractivity contribution in [3.05, 3.63) is 0 Å². The summed E-state index contributed by atoms with van der Waals surface area (Å²) in [5.74, 6) is 0.686. The highest BCUT2D eigenvalue weighted by atomic mass is 15.3. The van der Waals surface area contributed by atoms with E-state index in [0.717, 1.165) is 12.6 Å². The van der Waals surface area contributed by atoms with Gasteiger partial charge >= 0.3 is 0 Å². The Balaban J connectivity index is 2.37. The molecule has 1 saturated heterocycles. The van der Waals surface area contributed by atoms with Gasteiger partial charge in [0.15, 0.2) is 0 Å². The van der Waals surface area contributed by atoms with Gasteiger partial charge in [0, 0.05) is 32.2 Å². The Labute approximate surface area is 94.6 Å². The fraction of sp³-hybridized carbons (Fsp3) is 1.00. The van der Waals surface area contributed by atoms with Crippen LogP contribution in [0.1, 0.15) is 26.7 Å². The molecule has 0 aromatic carbocycles. The third-order valence-corrected chi connectivity index (χ3v) is 3.76. The molecule has 1 aliphatic rings. The van der Waals surface area contributed by atoms with Crippen molar-refractivity contribution in [3.8, 4) is 0 Å². The minimum atomic E-state index is 0.686. The van der Waals surface area contributed by atoms with Crippen LogP contribution in [0.5, 0.6) is 0 Å². The second kappa shape index (κ2) is 6.46. The molecule has 90 valence electrons. The average molecular weight is 213 g/mol. The molecule has 2 N–H and O–H groups in total. The lowest BCUT2D eigenvalue weighted by atomic mass is 10.0. The quantitative estimate of drug-likeness (QED) is 0.739. The van der Waals surface area contributed by atoms with Gasteiger partial charge in [0.25, 0.3) is 0 Å². The highest BCUT2D eigenvalue weighted by molar-refractivity contribution is 4.80. The highest BCUT2D eigenvalue weighted by Crippen LogP contribution is 2.13. The molecule has 3 nitrogen and oxygen atoms in total. The summed E-state index contributed by atoms with van der Waals surface area (Å²) in [7, 11) is 2.24. The second-order valence-corrected chi connectivity index (χ2v) is 4.81. The monoisotopic (exact) mass is 213 g/mol. The van der Waals surface area contributed by atoms with E-state index in [-0.39, 0.29) is 0 Å². The Morgan fingerprint density at radius 2 is 2.07 bits per heavy atom. The molecule has 0 saturated carbocycles. The third-order valence-electron chi connectivity index (χ3n) is 3.76. The Hall–Kier alpha value is -0.120. The number of nitrogens with two attached hydrogens (primary N) is 1. The van der Waals surface area contributed by atoms with Crippen molar-refractivity contribution in [2.45, 2.75) is 32.7 Å². The number of nitrogens with zero attached hydrogens (tertiary/aromatic N) is 2. The van der Waals surface area contributed by atoms with Crippen LogP contribution in [0.15, 0.2) is 0 Å². The third kappa shape index (κ3) is 3.74. The van der Waals surface area contributed by atoms with Crippen LogP contribution in [-0.2, 0) is 0 Å². The SMILES string of the molecule is CCC(CN)CN1CCN(C)C(CC)C1. The van der Waals surface area contributed by atoms with E-state index in [1.54, 1.807) is 0 Å². The van der Waals surface area contributed by atoms with Gasteiger partial charge in [-0.3, -0.25) is 0 Å². The molecule has 2 atom stereocenters. The first-order valence-corrected chi connectivity index (χ1v) is 6.33. The van der Waals surface area contributed by atoms with E-state index in [1.165, 1.54) is 39.0 Å². The predicted molar refractivity (Wildman–Crippen MR) is 66.0 cm³/mol. The molecule has 0 radical (unpaired) electrons. The number of likely N-dealkylation sites (N-methyl/N-ethyl adjacent to an activating group) is 1. The Kier molecular flexibility index (Phi) is 5.58. The first kappa shape index (κ1) is 12.9. The molecule has 1 fully saturated rings. The zero-order chi connectivity index (χ0) is 11.3. The van der Waals surface area contributed by atoms with Crippen LogP contribution in [-0.4, -0.2) is 55.6 Å². The standard InChI is InChI=1S/C12H27N3/c1-4-11(8-13)9-15-7-6-14(3)12(5-2)10-15/h11-12H,4-10,13H2,1-3H3. The zero-order valence-corrected chi connectivity index (χ0v) is 10.6. The van der Waals surface area contributed by atoms with Crippen molar-refractivity contribution in [2.24, 2.45) is 11.7 Å². The predicted octanol–water partition coefficient (Wildman–Crippen LogP) is 0.997. The first-order chi connectivity index (χ1) is 7.21. The maximum absolute atomic E-state index is 5.76. The van der Waals surface area contributed by atoms with Gasteiger partial charge in [-0.15, -0.1) is 0 Å². The van der Waals surface area contributed by atoms with E-state index in [2.05, 4.69) is 30.7 Å². The van der Waals surface area contributed by atoms with Crippen LogP contribution in [0.25, 0.3) is 0 Å². The van der Waals surface area contributed by atoms with Gasteiger partial charge in [-0.2, -0.15) is 0 Å². The molecule has 0 bridgehead atoms. The Morgan fingerprint density at radius 1 is 1.33 bits per heavy atom. The van der Waals surface area contributed by atoms with Crippen LogP contribution in [0.3, 0.4) is 0 Å². The maximum Gasteiger partial charge on any atom is 0.0218 e. The number of hydrogen-bond acceptors (Lipinski definition) is 3. The lowest BCUT2D eigenvalue weighted by Gasteiger charge is -2.40. The molecule has 1 heterocycles. The van der Waals surface area contributed by atoms with E-state index in [9.17, 15) is 0 Å². The summed E-state index contributed by atoms with van der Waals surface area (Å²) in [6.07, 6.45) is 2.46. The minimum Gasteiger partial charge on any atom is -0.330 e. The topological polar surface area (TPSA) is 32.5 Å². The van der Waals surface area contributed by atoms with Crippen molar-refractivity contribution in [1.29, 1.82) is 0 Å². The van der Waals surface area contributed by atoms with Crippen LogP contribution >= 0.6 is 0 Å². The summed E-state index contributed by atoms with van der Waals surface area (Å²) in [5, 5.41) is 0. The van der Waals surface area contributed by atoms with E-state index in [4.69, 9.17) is 5.73 Å². The summed E-state index contributed by atoms with van der Waals surface area (Å²) < 4.78 is 0. The molecular weight excluding hydrogens is 186 g/mol. The summed E-state index contributed by atoms with van der Waals surface area (Å²) in [6.45, 7) is 10.2. The fourth-order valence-corrected chi connectivity index (χ4v) is 2.35. The van der Waals surface area contributed by atoms with Gasteiger partial charge in [-0.05, 0) is 25.9 Å². The molecule has 0 aromatic rings. The summed E-state index contributed by atoms with van der Waals surface area (Å²) in [5.41, 5.74) is 5.76. The lowest BCUT2D eigenvalue weighted by Crippen LogP contribution is -2.52. The van der Waals surface area contributed by atoms with Crippen molar-refractivity contribution in [3.63, 3.8) is 0 Å². The normalized spacial score (nSPS) is 26.8. The van der Waals surface area contributed by atoms with E-state index < -0.39 is 0 Å². The fourth-order valence-electron chi connectivity index (χ4n) is 2.35. The van der Waals surface area contributed by atoms with Crippen molar-refractivity contribution in [2.75, 3.05) is 39.8 Å². The van der Waals surface area contributed by atoms with Crippen molar-refractivity contribution < 1.29 is 0 Å². The second-order valence-electron chi connectivity index (χ2n) is 4.81. The average Bonchev–Trinajstić information content (AvgIpc) is 2.28. The van der Waals surface area contributed by atoms with Crippen LogP contribution < -0.4 is 5.73 Å². The Morgan fingerprint density at radius 3 is 2.60 bits per heavy atom. The van der Waals surface area contributed by atoms with Gasteiger partial charge in [-0.25, -0.2) is 0 Å². The molecule has 0 amide bonds. The smallest absolute Gasteiger partial charge is 0.0218 e. The van der Waals surface area contributed by atoms with Gasteiger partial charge in [0.1, 0.15) is 0 Å². The number of rotatable bonds is 5. The molecule has 0 aromatic heterocycles.